The molecule has 0 unspecified atom stereocenters. The van der Waals surface area contributed by atoms with Crippen LogP contribution < -0.4 is 5.32 Å². The largest absolute Gasteiger partial charge is 0.478 e. The number of carboxylic acid groups (broad SMARTS) is 1. The molecule has 4 nitrogen and oxygen atoms in total. The zero-order valence-electron chi connectivity index (χ0n) is 16.4. The first-order valence-corrected chi connectivity index (χ1v) is 9.67. The Hall–Kier alpha value is -2.56. The lowest BCUT2D eigenvalue weighted by Crippen LogP contribution is -2.16. The summed E-state index contributed by atoms with van der Waals surface area (Å²) in [6.07, 6.45) is 0. The summed E-state index contributed by atoms with van der Waals surface area (Å²) in [5.41, 5.74) is 6.50. The van der Waals surface area contributed by atoms with Crippen LogP contribution in [0.3, 0.4) is 0 Å². The zero-order chi connectivity index (χ0) is 20.3. The molecule has 0 radical (unpaired) electrons. The maximum Gasteiger partial charge on any atom is 0.337 e. The molecule has 0 bridgehead atoms. The third-order valence-corrected chi connectivity index (χ3v) is 5.51. The average molecular weight is 397 g/mol. The van der Waals surface area contributed by atoms with Crippen LogP contribution in [0, 0.1) is 20.8 Å². The number of nitrogens with one attached hydrogen (secondary N) is 1. The summed E-state index contributed by atoms with van der Waals surface area (Å²) in [4.78, 5) is 11.9. The summed E-state index contributed by atoms with van der Waals surface area (Å²) < 4.78 is 2.07. The second-order valence-electron chi connectivity index (χ2n) is 7.07. The lowest BCUT2D eigenvalue weighted by atomic mass is 10.1. The Labute approximate surface area is 170 Å². The van der Waals surface area contributed by atoms with Crippen molar-refractivity contribution < 1.29 is 9.90 Å². The molecule has 3 rings (SSSR count). The summed E-state index contributed by atoms with van der Waals surface area (Å²) in [7, 11) is 0. The first-order valence-electron chi connectivity index (χ1n) is 9.30. The number of rotatable bonds is 7. The van der Waals surface area contributed by atoms with Gasteiger partial charge in [-0.2, -0.15) is 0 Å². The van der Waals surface area contributed by atoms with E-state index >= 15 is 0 Å². The Morgan fingerprint density at radius 1 is 1.00 bits per heavy atom. The first-order chi connectivity index (χ1) is 13.4. The number of hydrogen-bond acceptors (Lipinski definition) is 2. The Morgan fingerprint density at radius 2 is 1.68 bits per heavy atom. The van der Waals surface area contributed by atoms with Gasteiger partial charge in [-0.3, -0.25) is 0 Å². The molecule has 0 saturated carbocycles. The zero-order valence-corrected chi connectivity index (χ0v) is 17.2. The SMILES string of the molecule is Cc1ccccc1CNCc1c(C(=O)O)c(C)n(Cc2ccc(Cl)cc2)c1C. The molecule has 0 aliphatic rings. The molecule has 0 saturated heterocycles. The monoisotopic (exact) mass is 396 g/mol. The molecule has 0 fully saturated rings. The highest BCUT2D eigenvalue weighted by Crippen LogP contribution is 2.24. The summed E-state index contributed by atoms with van der Waals surface area (Å²) >= 11 is 5.97. The van der Waals surface area contributed by atoms with Crippen molar-refractivity contribution in [1.29, 1.82) is 0 Å². The van der Waals surface area contributed by atoms with E-state index < -0.39 is 5.97 Å². The average Bonchev–Trinajstić information content (AvgIpc) is 2.89. The van der Waals surface area contributed by atoms with Crippen LogP contribution in [0.25, 0.3) is 0 Å². The van der Waals surface area contributed by atoms with Crippen LogP contribution in [0.1, 0.15) is 44.0 Å². The van der Waals surface area contributed by atoms with E-state index in [1.807, 2.05) is 50.2 Å². The summed E-state index contributed by atoms with van der Waals surface area (Å²) in [6, 6.07) is 15.9. The second kappa shape index (κ2) is 8.63. The van der Waals surface area contributed by atoms with Crippen molar-refractivity contribution in [3.8, 4) is 0 Å². The third-order valence-electron chi connectivity index (χ3n) is 5.26. The molecule has 1 heterocycles. The predicted molar refractivity (Wildman–Crippen MR) is 113 cm³/mol. The maximum atomic E-state index is 11.9. The quantitative estimate of drug-likeness (QED) is 0.584. The van der Waals surface area contributed by atoms with Gasteiger partial charge in [-0.25, -0.2) is 4.79 Å². The van der Waals surface area contributed by atoms with Crippen molar-refractivity contribution in [1.82, 2.24) is 9.88 Å². The van der Waals surface area contributed by atoms with Crippen molar-refractivity contribution in [3.05, 3.63) is 92.8 Å². The molecular formula is C23H25ClN2O2. The number of nitrogens with zero attached hydrogens (tertiary/aromatic N) is 1. The van der Waals surface area contributed by atoms with E-state index in [0.717, 1.165) is 22.5 Å². The van der Waals surface area contributed by atoms with Gasteiger partial charge in [0.15, 0.2) is 0 Å². The summed E-state index contributed by atoms with van der Waals surface area (Å²) in [5, 5.41) is 13.9. The number of halogens is 1. The number of benzene rings is 2. The molecule has 0 aliphatic carbocycles. The van der Waals surface area contributed by atoms with Crippen LogP contribution in [0.15, 0.2) is 48.5 Å². The van der Waals surface area contributed by atoms with E-state index in [1.54, 1.807) is 0 Å². The number of hydrogen-bond donors (Lipinski definition) is 2. The van der Waals surface area contributed by atoms with Crippen LogP contribution in [0.5, 0.6) is 0 Å². The normalized spacial score (nSPS) is 11.0. The van der Waals surface area contributed by atoms with Gasteiger partial charge in [0.1, 0.15) is 0 Å². The van der Waals surface area contributed by atoms with Gasteiger partial charge in [0, 0.05) is 41.6 Å². The molecule has 2 N–H and O–H groups in total. The van der Waals surface area contributed by atoms with Crippen molar-refractivity contribution in [2.75, 3.05) is 0 Å². The first kappa shape index (κ1) is 20.2. The minimum Gasteiger partial charge on any atom is -0.478 e. The fourth-order valence-electron chi connectivity index (χ4n) is 3.59. The van der Waals surface area contributed by atoms with E-state index in [0.29, 0.717) is 30.2 Å². The fraction of sp³-hybridized carbons (Fsp3) is 0.261. The summed E-state index contributed by atoms with van der Waals surface area (Å²) in [5.74, 6) is -0.886. The fourth-order valence-corrected chi connectivity index (χ4v) is 3.71. The molecule has 0 spiro atoms. The molecule has 0 amide bonds. The molecule has 5 heteroatoms. The van der Waals surface area contributed by atoms with Crippen LogP contribution in [0.4, 0.5) is 0 Å². The van der Waals surface area contributed by atoms with Gasteiger partial charge in [0.25, 0.3) is 0 Å². The van der Waals surface area contributed by atoms with Gasteiger partial charge in [-0.1, -0.05) is 48.0 Å². The van der Waals surface area contributed by atoms with E-state index in [9.17, 15) is 9.90 Å². The minimum atomic E-state index is -0.886. The topological polar surface area (TPSA) is 54.3 Å². The van der Waals surface area contributed by atoms with Crippen LogP contribution in [0.2, 0.25) is 5.02 Å². The van der Waals surface area contributed by atoms with E-state index in [2.05, 4.69) is 28.9 Å². The van der Waals surface area contributed by atoms with Crippen molar-refractivity contribution in [3.63, 3.8) is 0 Å². The van der Waals surface area contributed by atoms with Gasteiger partial charge >= 0.3 is 5.97 Å². The Morgan fingerprint density at radius 3 is 2.32 bits per heavy atom. The molecule has 2 aromatic carbocycles. The van der Waals surface area contributed by atoms with Gasteiger partial charge in [0.05, 0.1) is 5.56 Å². The van der Waals surface area contributed by atoms with Gasteiger partial charge in [-0.15, -0.1) is 0 Å². The molecular weight excluding hydrogens is 372 g/mol. The Bertz CT molecular complexity index is 991. The molecule has 1 aromatic heterocycles. The van der Waals surface area contributed by atoms with Crippen molar-refractivity contribution in [2.24, 2.45) is 0 Å². The van der Waals surface area contributed by atoms with Crippen molar-refractivity contribution in [2.45, 2.75) is 40.4 Å². The Balaban J connectivity index is 1.84. The highest BCUT2D eigenvalue weighted by molar-refractivity contribution is 6.30. The molecule has 0 aliphatic heterocycles. The maximum absolute atomic E-state index is 11.9. The third kappa shape index (κ3) is 4.29. The second-order valence-corrected chi connectivity index (χ2v) is 7.51. The molecule has 146 valence electrons. The molecule has 28 heavy (non-hydrogen) atoms. The minimum absolute atomic E-state index is 0.392. The number of aryl methyl sites for hydroxylation is 1. The molecule has 0 atom stereocenters. The van der Waals surface area contributed by atoms with Gasteiger partial charge in [-0.05, 0) is 49.6 Å². The van der Waals surface area contributed by atoms with Crippen LogP contribution >= 0.6 is 11.6 Å². The highest BCUT2D eigenvalue weighted by atomic mass is 35.5. The van der Waals surface area contributed by atoms with Gasteiger partial charge in [0.2, 0.25) is 0 Å². The van der Waals surface area contributed by atoms with Crippen LogP contribution in [-0.4, -0.2) is 15.6 Å². The van der Waals surface area contributed by atoms with Crippen molar-refractivity contribution >= 4 is 17.6 Å². The predicted octanol–water partition coefficient (Wildman–Crippen LogP) is 5.10. The van der Waals surface area contributed by atoms with E-state index in [1.165, 1.54) is 11.1 Å². The van der Waals surface area contributed by atoms with E-state index in [-0.39, 0.29) is 0 Å². The summed E-state index contributed by atoms with van der Waals surface area (Å²) in [6.45, 7) is 7.77. The number of aromatic carboxylic acids is 1. The number of carboxylic acids is 1. The van der Waals surface area contributed by atoms with E-state index in [4.69, 9.17) is 11.6 Å². The standard InChI is InChI=1S/C23H25ClN2O2/c1-15-6-4-5-7-19(15)12-25-13-21-16(2)26(17(3)22(21)23(27)28)14-18-8-10-20(24)11-9-18/h4-11,25H,12-14H2,1-3H3,(H,27,28). The lowest BCUT2D eigenvalue weighted by Gasteiger charge is -2.11. The number of aromatic nitrogens is 1. The van der Waals surface area contributed by atoms with Gasteiger partial charge < -0.3 is 15.0 Å². The molecule has 3 aromatic rings. The smallest absolute Gasteiger partial charge is 0.337 e. The van der Waals surface area contributed by atoms with Crippen LogP contribution in [-0.2, 0) is 19.6 Å². The highest BCUT2D eigenvalue weighted by Gasteiger charge is 2.22. The Kier molecular flexibility index (Phi) is 6.22. The number of carbonyl (C=O) groups is 1. The lowest BCUT2D eigenvalue weighted by molar-refractivity contribution is 0.0694.